The molecule has 4 N–H and O–H groups in total. The Morgan fingerprint density at radius 1 is 0.973 bits per heavy atom. The van der Waals surface area contributed by atoms with E-state index in [0.29, 0.717) is 31.4 Å². The predicted octanol–water partition coefficient (Wildman–Crippen LogP) is 4.15. The lowest BCUT2D eigenvalue weighted by atomic mass is 9.81. The highest BCUT2D eigenvalue weighted by Crippen LogP contribution is 2.28. The first-order valence-electron chi connectivity index (χ1n) is 13.9. The van der Waals surface area contributed by atoms with Crippen LogP contribution in [0.15, 0.2) is 48.8 Å². The van der Waals surface area contributed by atoms with Gasteiger partial charge in [-0.05, 0) is 92.3 Å². The van der Waals surface area contributed by atoms with E-state index in [-0.39, 0.29) is 23.8 Å². The van der Waals surface area contributed by atoms with Gasteiger partial charge in [0.05, 0.1) is 0 Å². The Morgan fingerprint density at radius 2 is 1.68 bits per heavy atom. The Kier molecular flexibility index (Phi) is 9.94. The van der Waals surface area contributed by atoms with Crippen molar-refractivity contribution in [2.45, 2.75) is 83.4 Å². The van der Waals surface area contributed by atoms with E-state index in [0.717, 1.165) is 61.8 Å². The number of pyridine rings is 1. The number of rotatable bonds is 10. The summed E-state index contributed by atoms with van der Waals surface area (Å²) in [5.74, 6) is 1.59. The number of carbonyl (C=O) groups is 2. The topological polar surface area (TPSA) is 106 Å². The molecular weight excluding hydrogens is 464 g/mol. The van der Waals surface area contributed by atoms with Gasteiger partial charge in [0.2, 0.25) is 11.8 Å². The van der Waals surface area contributed by atoms with Gasteiger partial charge in [-0.25, -0.2) is 0 Å². The third kappa shape index (κ3) is 8.03. The largest absolute Gasteiger partial charge is 0.489 e. The van der Waals surface area contributed by atoms with Crippen LogP contribution in [0.1, 0.15) is 69.4 Å². The second kappa shape index (κ2) is 13.6. The van der Waals surface area contributed by atoms with Crippen molar-refractivity contribution in [2.24, 2.45) is 23.5 Å². The summed E-state index contributed by atoms with van der Waals surface area (Å²) in [4.78, 5) is 30.6. The molecule has 2 fully saturated rings. The zero-order valence-corrected chi connectivity index (χ0v) is 22.0. The fraction of sp³-hybridized carbons (Fsp3) is 0.567. The summed E-state index contributed by atoms with van der Waals surface area (Å²) in [6.45, 7) is 3.36. The standard InChI is InChI=1S/C30H42N4O3/c1-21-4-2-3-5-27(21)33-30(36)28(34-29(35)25-10-6-23(19-31)7-11-25)18-22-8-12-26(13-9-22)37-20-24-14-16-32-17-15-24/h8-9,12-17,21,23,25,27-28H,2-7,10-11,18-20,31H2,1H3,(H,33,36)(H,34,35)/t21?,23?,25?,27?,28-/m0/s1. The Hall–Kier alpha value is -2.93. The number of nitrogens with zero attached hydrogens (tertiary/aromatic N) is 1. The van der Waals surface area contributed by atoms with Crippen molar-refractivity contribution in [2.75, 3.05) is 6.54 Å². The van der Waals surface area contributed by atoms with Crippen LogP contribution in [0.3, 0.4) is 0 Å². The van der Waals surface area contributed by atoms with Gasteiger partial charge in [-0.2, -0.15) is 0 Å². The molecule has 2 amide bonds. The number of aromatic nitrogens is 1. The maximum Gasteiger partial charge on any atom is 0.243 e. The second-order valence-electron chi connectivity index (χ2n) is 10.9. The van der Waals surface area contributed by atoms with Crippen molar-refractivity contribution in [1.82, 2.24) is 15.6 Å². The minimum absolute atomic E-state index is 0.00961. The van der Waals surface area contributed by atoms with Gasteiger partial charge >= 0.3 is 0 Å². The smallest absolute Gasteiger partial charge is 0.243 e. The molecule has 0 saturated heterocycles. The van der Waals surface area contributed by atoms with Crippen LogP contribution in [0.5, 0.6) is 5.75 Å². The number of benzene rings is 1. The zero-order chi connectivity index (χ0) is 26.0. The van der Waals surface area contributed by atoms with Crippen LogP contribution in [0, 0.1) is 17.8 Å². The van der Waals surface area contributed by atoms with E-state index < -0.39 is 6.04 Å². The number of ether oxygens (including phenoxy) is 1. The average Bonchev–Trinajstić information content (AvgIpc) is 2.94. The number of nitrogens with one attached hydrogen (secondary N) is 2. The van der Waals surface area contributed by atoms with E-state index >= 15 is 0 Å². The van der Waals surface area contributed by atoms with Crippen LogP contribution in [0.4, 0.5) is 0 Å². The molecule has 4 rings (SSSR count). The summed E-state index contributed by atoms with van der Waals surface area (Å²) in [5.41, 5.74) is 7.86. The van der Waals surface area contributed by atoms with Gasteiger partial charge in [0, 0.05) is 30.8 Å². The van der Waals surface area contributed by atoms with Crippen molar-refractivity contribution >= 4 is 11.8 Å². The molecule has 1 aromatic heterocycles. The highest BCUT2D eigenvalue weighted by molar-refractivity contribution is 5.89. The van der Waals surface area contributed by atoms with Crippen LogP contribution in [0.2, 0.25) is 0 Å². The van der Waals surface area contributed by atoms with Crippen molar-refractivity contribution in [3.63, 3.8) is 0 Å². The zero-order valence-electron chi connectivity index (χ0n) is 22.0. The lowest BCUT2D eigenvalue weighted by Gasteiger charge is -2.32. The van der Waals surface area contributed by atoms with E-state index in [1.807, 2.05) is 36.4 Å². The summed E-state index contributed by atoms with van der Waals surface area (Å²) in [6, 6.07) is 11.2. The molecule has 2 aromatic rings. The molecule has 2 saturated carbocycles. The van der Waals surface area contributed by atoms with Gasteiger partial charge in [-0.15, -0.1) is 0 Å². The summed E-state index contributed by atoms with van der Waals surface area (Å²) < 4.78 is 5.89. The van der Waals surface area contributed by atoms with Crippen LogP contribution < -0.4 is 21.1 Å². The Labute approximate surface area is 221 Å². The van der Waals surface area contributed by atoms with Gasteiger partial charge in [-0.3, -0.25) is 14.6 Å². The average molecular weight is 507 g/mol. The first-order valence-corrected chi connectivity index (χ1v) is 13.9. The van der Waals surface area contributed by atoms with E-state index in [9.17, 15) is 9.59 Å². The number of amides is 2. The van der Waals surface area contributed by atoms with Crippen LogP contribution in [-0.2, 0) is 22.6 Å². The van der Waals surface area contributed by atoms with Crippen molar-refractivity contribution in [1.29, 1.82) is 0 Å². The SMILES string of the molecule is CC1CCCCC1NC(=O)[C@H](Cc1ccc(OCc2ccncc2)cc1)NC(=O)C1CCC(CN)CC1. The van der Waals surface area contributed by atoms with Crippen LogP contribution in [0.25, 0.3) is 0 Å². The first-order chi connectivity index (χ1) is 18.0. The lowest BCUT2D eigenvalue weighted by Crippen LogP contribution is -2.53. The number of nitrogens with two attached hydrogens (primary N) is 1. The quantitative estimate of drug-likeness (QED) is 0.449. The molecule has 3 atom stereocenters. The molecule has 0 radical (unpaired) electrons. The van der Waals surface area contributed by atoms with E-state index in [1.165, 1.54) is 6.42 Å². The lowest BCUT2D eigenvalue weighted by molar-refractivity contribution is -0.132. The highest BCUT2D eigenvalue weighted by atomic mass is 16.5. The molecule has 2 aliphatic rings. The van der Waals surface area contributed by atoms with Gasteiger partial charge in [0.25, 0.3) is 0 Å². The fourth-order valence-corrected chi connectivity index (χ4v) is 5.58. The Balaban J connectivity index is 1.39. The normalized spacial score (nSPS) is 24.6. The van der Waals surface area contributed by atoms with Gasteiger partial charge < -0.3 is 21.1 Å². The molecule has 0 aliphatic heterocycles. The Bertz CT molecular complexity index is 990. The van der Waals surface area contributed by atoms with Crippen molar-refractivity contribution < 1.29 is 14.3 Å². The van der Waals surface area contributed by atoms with Crippen LogP contribution in [-0.4, -0.2) is 35.4 Å². The Morgan fingerprint density at radius 3 is 2.35 bits per heavy atom. The predicted molar refractivity (Wildman–Crippen MR) is 145 cm³/mol. The maximum atomic E-state index is 13.4. The summed E-state index contributed by atoms with van der Waals surface area (Å²) >= 11 is 0. The monoisotopic (exact) mass is 506 g/mol. The molecule has 2 unspecified atom stereocenters. The maximum absolute atomic E-state index is 13.4. The highest BCUT2D eigenvalue weighted by Gasteiger charge is 2.31. The number of hydrogen-bond acceptors (Lipinski definition) is 5. The minimum Gasteiger partial charge on any atom is -0.489 e. The minimum atomic E-state index is -0.600. The molecule has 7 heteroatoms. The third-order valence-corrected chi connectivity index (χ3v) is 8.14. The van der Waals surface area contributed by atoms with E-state index in [2.05, 4.69) is 22.5 Å². The molecule has 7 nitrogen and oxygen atoms in total. The molecule has 0 bridgehead atoms. The molecule has 200 valence electrons. The number of carbonyl (C=O) groups excluding carboxylic acids is 2. The fourth-order valence-electron chi connectivity index (χ4n) is 5.58. The van der Waals surface area contributed by atoms with E-state index in [4.69, 9.17) is 10.5 Å². The molecular formula is C30H42N4O3. The second-order valence-corrected chi connectivity index (χ2v) is 10.9. The molecule has 37 heavy (non-hydrogen) atoms. The van der Waals surface area contributed by atoms with Gasteiger partial charge in [0.1, 0.15) is 18.4 Å². The molecule has 1 aromatic carbocycles. The number of hydrogen-bond donors (Lipinski definition) is 3. The van der Waals surface area contributed by atoms with Crippen molar-refractivity contribution in [3.05, 3.63) is 59.9 Å². The third-order valence-electron chi connectivity index (χ3n) is 8.14. The molecule has 0 spiro atoms. The molecule has 1 heterocycles. The first kappa shape index (κ1) is 27.1. The summed E-state index contributed by atoms with van der Waals surface area (Å²) in [6.07, 6.45) is 12.1. The van der Waals surface area contributed by atoms with Crippen LogP contribution >= 0.6 is 0 Å². The molecule has 2 aliphatic carbocycles. The van der Waals surface area contributed by atoms with Crippen molar-refractivity contribution in [3.8, 4) is 5.75 Å². The summed E-state index contributed by atoms with van der Waals surface area (Å²) in [5, 5.41) is 6.38. The van der Waals surface area contributed by atoms with Gasteiger partial charge in [-0.1, -0.05) is 31.9 Å². The van der Waals surface area contributed by atoms with E-state index in [1.54, 1.807) is 12.4 Å². The summed E-state index contributed by atoms with van der Waals surface area (Å²) in [7, 11) is 0. The van der Waals surface area contributed by atoms with Gasteiger partial charge in [0.15, 0.2) is 0 Å².